The first-order valence-corrected chi connectivity index (χ1v) is 11.4. The first-order valence-electron chi connectivity index (χ1n) is 10.2. The number of carbonyl (C=O) groups excluding carboxylic acids is 2. The van der Waals surface area contributed by atoms with Crippen LogP contribution < -0.4 is 4.74 Å². The number of phenolic OH excluding ortho intramolecular Hbond substituents is 1. The van der Waals surface area contributed by atoms with Gasteiger partial charge in [-0.05, 0) is 31.0 Å². The SMILES string of the molecule is COc1ccc(CN2C(=O)N(Cc3nnc(-c4ccc(F)c(O)c4Cl)s3)C3(CC3)C2=O)c(F)c1. The van der Waals surface area contributed by atoms with Gasteiger partial charge in [0, 0.05) is 17.2 Å². The van der Waals surface area contributed by atoms with E-state index in [4.69, 9.17) is 16.3 Å². The molecule has 12 heteroatoms. The molecule has 2 heterocycles. The van der Waals surface area contributed by atoms with E-state index in [1.54, 1.807) is 6.07 Å². The topological polar surface area (TPSA) is 95.9 Å². The molecule has 2 aromatic carbocycles. The zero-order valence-electron chi connectivity index (χ0n) is 17.7. The van der Waals surface area contributed by atoms with Crippen molar-refractivity contribution in [1.29, 1.82) is 0 Å². The van der Waals surface area contributed by atoms with Gasteiger partial charge in [-0.15, -0.1) is 10.2 Å². The number of aromatic nitrogens is 2. The number of nitrogens with zero attached hydrogens (tertiary/aromatic N) is 4. The lowest BCUT2D eigenvalue weighted by Gasteiger charge is -2.19. The van der Waals surface area contributed by atoms with Crippen LogP contribution in [-0.4, -0.2) is 49.7 Å². The summed E-state index contributed by atoms with van der Waals surface area (Å²) in [6.07, 6.45) is 1.00. The smallest absolute Gasteiger partial charge is 0.328 e. The number of hydrogen-bond acceptors (Lipinski definition) is 7. The lowest BCUT2D eigenvalue weighted by molar-refractivity contribution is -0.129. The lowest BCUT2D eigenvalue weighted by atomic mass is 10.2. The Bertz CT molecular complexity index is 1330. The van der Waals surface area contributed by atoms with Crippen LogP contribution in [0.2, 0.25) is 5.02 Å². The standard InChI is InChI=1S/C22H17ClF2N4O4S/c1-33-12-3-2-11(15(25)8-12)9-28-20(31)22(6-7-22)29(21(28)32)10-16-26-27-19(34-16)13-4-5-14(24)18(30)17(13)23/h2-5,8,30H,6-7,9-10H2,1H3. The summed E-state index contributed by atoms with van der Waals surface area (Å²) in [5.41, 5.74) is -0.465. The van der Waals surface area contributed by atoms with Crippen LogP contribution in [-0.2, 0) is 17.9 Å². The van der Waals surface area contributed by atoms with Gasteiger partial charge in [-0.25, -0.2) is 13.6 Å². The molecule has 1 spiro atoms. The van der Waals surface area contributed by atoms with Crippen molar-refractivity contribution in [2.24, 2.45) is 0 Å². The zero-order chi connectivity index (χ0) is 24.2. The monoisotopic (exact) mass is 506 g/mol. The molecule has 3 aromatic rings. The fourth-order valence-corrected chi connectivity index (χ4v) is 5.12. The van der Waals surface area contributed by atoms with Crippen LogP contribution in [0.3, 0.4) is 0 Å². The summed E-state index contributed by atoms with van der Waals surface area (Å²) >= 11 is 7.14. The number of imide groups is 1. The number of carbonyl (C=O) groups is 2. The molecule has 1 saturated heterocycles. The van der Waals surface area contributed by atoms with Gasteiger partial charge in [-0.2, -0.15) is 0 Å². The van der Waals surface area contributed by atoms with E-state index in [0.717, 1.165) is 22.3 Å². The van der Waals surface area contributed by atoms with E-state index in [2.05, 4.69) is 10.2 Å². The number of methoxy groups -OCH3 is 1. The Balaban J connectivity index is 1.38. The molecule has 1 saturated carbocycles. The minimum absolute atomic E-state index is 0.0225. The zero-order valence-corrected chi connectivity index (χ0v) is 19.3. The molecule has 176 valence electrons. The molecule has 0 atom stereocenters. The van der Waals surface area contributed by atoms with E-state index in [-0.39, 0.29) is 29.6 Å². The predicted octanol–water partition coefficient (Wildman–Crippen LogP) is 4.35. The maximum Gasteiger partial charge on any atom is 0.328 e. The van der Waals surface area contributed by atoms with Crippen molar-refractivity contribution in [1.82, 2.24) is 20.0 Å². The van der Waals surface area contributed by atoms with Crippen LogP contribution in [0, 0.1) is 11.6 Å². The summed E-state index contributed by atoms with van der Waals surface area (Å²) in [5.74, 6) is -2.15. The number of halogens is 3. The molecule has 0 unspecified atom stereocenters. The third kappa shape index (κ3) is 3.55. The van der Waals surface area contributed by atoms with Crippen LogP contribution in [0.15, 0.2) is 30.3 Å². The van der Waals surface area contributed by atoms with Gasteiger partial charge in [-0.3, -0.25) is 9.69 Å². The highest BCUT2D eigenvalue weighted by atomic mass is 35.5. The molecule has 34 heavy (non-hydrogen) atoms. The third-order valence-corrected chi connectivity index (χ3v) is 7.32. The quantitative estimate of drug-likeness (QED) is 0.499. The molecule has 5 rings (SSSR count). The molecule has 8 nitrogen and oxygen atoms in total. The van der Waals surface area contributed by atoms with Crippen LogP contribution in [0.25, 0.3) is 10.6 Å². The maximum absolute atomic E-state index is 14.4. The lowest BCUT2D eigenvalue weighted by Crippen LogP contribution is -2.36. The average Bonchev–Trinajstić information content (AvgIpc) is 3.46. The summed E-state index contributed by atoms with van der Waals surface area (Å²) in [6.45, 7) is -0.174. The highest BCUT2D eigenvalue weighted by molar-refractivity contribution is 7.14. The molecule has 1 N–H and O–H groups in total. The van der Waals surface area contributed by atoms with Crippen LogP contribution >= 0.6 is 22.9 Å². The molecule has 3 amide bonds. The molecule has 1 aliphatic heterocycles. The highest BCUT2D eigenvalue weighted by Crippen LogP contribution is 2.49. The molecule has 2 aliphatic rings. The number of ether oxygens (including phenoxy) is 1. The normalized spacial score (nSPS) is 16.6. The van der Waals surface area contributed by atoms with Crippen LogP contribution in [0.5, 0.6) is 11.5 Å². The highest BCUT2D eigenvalue weighted by Gasteiger charge is 2.64. The summed E-state index contributed by atoms with van der Waals surface area (Å²) in [6, 6.07) is 6.15. The summed E-state index contributed by atoms with van der Waals surface area (Å²) < 4.78 is 32.9. The van der Waals surface area contributed by atoms with Gasteiger partial charge in [0.05, 0.1) is 25.2 Å². The Hall–Kier alpha value is -3.31. The van der Waals surface area contributed by atoms with Gasteiger partial charge in [-0.1, -0.05) is 29.0 Å². The van der Waals surface area contributed by atoms with Gasteiger partial charge in [0.1, 0.15) is 27.1 Å². The van der Waals surface area contributed by atoms with Crippen molar-refractivity contribution >= 4 is 34.9 Å². The summed E-state index contributed by atoms with van der Waals surface area (Å²) in [7, 11) is 1.42. The van der Waals surface area contributed by atoms with Gasteiger partial charge in [0.15, 0.2) is 11.6 Å². The minimum Gasteiger partial charge on any atom is -0.504 e. The van der Waals surface area contributed by atoms with Crippen molar-refractivity contribution in [2.75, 3.05) is 7.11 Å². The van der Waals surface area contributed by atoms with E-state index in [1.807, 2.05) is 0 Å². The third-order valence-electron chi connectivity index (χ3n) is 5.99. The Kier molecular flexibility index (Phi) is 5.40. The molecule has 2 fully saturated rings. The van der Waals surface area contributed by atoms with Gasteiger partial charge >= 0.3 is 6.03 Å². The Morgan fingerprint density at radius 2 is 1.91 bits per heavy atom. The number of rotatable bonds is 6. The Morgan fingerprint density at radius 1 is 1.15 bits per heavy atom. The van der Waals surface area contributed by atoms with Gasteiger partial charge in [0.25, 0.3) is 5.91 Å². The summed E-state index contributed by atoms with van der Waals surface area (Å²) in [4.78, 5) is 28.7. The number of phenols is 1. The minimum atomic E-state index is -0.961. The van der Waals surface area contributed by atoms with Gasteiger partial charge in [0.2, 0.25) is 0 Å². The Labute approximate surface area is 201 Å². The van der Waals surface area contributed by atoms with Crippen molar-refractivity contribution < 1.29 is 28.2 Å². The molecule has 1 aliphatic carbocycles. The largest absolute Gasteiger partial charge is 0.504 e. The second-order valence-corrected chi connectivity index (χ2v) is 9.45. The number of benzene rings is 2. The predicted molar refractivity (Wildman–Crippen MR) is 118 cm³/mol. The first kappa shape index (κ1) is 22.5. The second kappa shape index (κ2) is 8.17. The average molecular weight is 507 g/mol. The Morgan fingerprint density at radius 3 is 2.59 bits per heavy atom. The first-order chi connectivity index (χ1) is 16.2. The molecule has 0 bridgehead atoms. The van der Waals surface area contributed by atoms with Gasteiger partial charge < -0.3 is 14.7 Å². The number of aromatic hydroxyl groups is 1. The number of urea groups is 1. The second-order valence-electron chi connectivity index (χ2n) is 8.01. The molecular formula is C22H17ClF2N4O4S. The van der Waals surface area contributed by atoms with E-state index in [9.17, 15) is 23.5 Å². The van der Waals surface area contributed by atoms with E-state index in [1.165, 1.54) is 30.2 Å². The number of hydrogen-bond donors (Lipinski definition) is 1. The fraction of sp³-hybridized carbons (Fsp3) is 0.273. The van der Waals surface area contributed by atoms with E-state index in [0.29, 0.717) is 34.2 Å². The van der Waals surface area contributed by atoms with Crippen LogP contribution in [0.4, 0.5) is 13.6 Å². The van der Waals surface area contributed by atoms with Crippen molar-refractivity contribution in [3.8, 4) is 22.1 Å². The molecule has 0 radical (unpaired) electrons. The van der Waals surface area contributed by atoms with Crippen molar-refractivity contribution in [3.05, 3.63) is 57.6 Å². The molecule has 1 aromatic heterocycles. The summed E-state index contributed by atoms with van der Waals surface area (Å²) in [5, 5.41) is 18.4. The van der Waals surface area contributed by atoms with Crippen molar-refractivity contribution in [3.63, 3.8) is 0 Å². The molecular weight excluding hydrogens is 490 g/mol. The van der Waals surface area contributed by atoms with E-state index < -0.39 is 29.0 Å². The fourth-order valence-electron chi connectivity index (χ4n) is 3.96. The van der Waals surface area contributed by atoms with Crippen LogP contribution in [0.1, 0.15) is 23.4 Å². The van der Waals surface area contributed by atoms with Crippen molar-refractivity contribution in [2.45, 2.75) is 31.5 Å². The number of amides is 3. The maximum atomic E-state index is 14.4. The van der Waals surface area contributed by atoms with E-state index >= 15 is 0 Å².